The molecule has 1 aliphatic heterocycles. The van der Waals surface area contributed by atoms with E-state index in [9.17, 15) is 13.9 Å². The van der Waals surface area contributed by atoms with Crippen molar-refractivity contribution >= 4 is 0 Å². The van der Waals surface area contributed by atoms with Gasteiger partial charge in [0.05, 0.1) is 6.10 Å². The third-order valence-electron chi connectivity index (χ3n) is 4.49. The first-order chi connectivity index (χ1) is 9.89. The fourth-order valence-electron chi connectivity index (χ4n) is 2.94. The Labute approximate surface area is 125 Å². The Morgan fingerprint density at radius 3 is 2.76 bits per heavy atom. The van der Waals surface area contributed by atoms with Crippen molar-refractivity contribution in [1.29, 1.82) is 0 Å². The Bertz CT molecular complexity index is 476. The third kappa shape index (κ3) is 4.48. The summed E-state index contributed by atoms with van der Waals surface area (Å²) in [5, 5.41) is 10.1. The Morgan fingerprint density at radius 2 is 2.00 bits per heavy atom. The summed E-state index contributed by atoms with van der Waals surface area (Å²) in [7, 11) is 0. The molecular weight excluding hydrogens is 272 g/mol. The van der Waals surface area contributed by atoms with Crippen molar-refractivity contribution in [1.82, 2.24) is 4.90 Å². The molecule has 0 amide bonds. The lowest BCUT2D eigenvalue weighted by Crippen LogP contribution is -2.27. The maximum absolute atomic E-state index is 13.6. The highest BCUT2D eigenvalue weighted by Gasteiger charge is 2.23. The number of benzene rings is 1. The van der Waals surface area contributed by atoms with Crippen LogP contribution in [-0.2, 0) is 0 Å². The Kier molecular flexibility index (Phi) is 5.33. The highest BCUT2D eigenvalue weighted by atomic mass is 19.2. The van der Waals surface area contributed by atoms with Crippen LogP contribution in [0.25, 0.3) is 0 Å². The van der Waals surface area contributed by atoms with Gasteiger partial charge in [-0.2, -0.15) is 0 Å². The van der Waals surface area contributed by atoms with Gasteiger partial charge < -0.3 is 10.0 Å². The van der Waals surface area contributed by atoms with E-state index in [0.29, 0.717) is 18.4 Å². The van der Waals surface area contributed by atoms with E-state index < -0.39 is 17.7 Å². The first-order valence-electron chi connectivity index (χ1n) is 7.73. The van der Waals surface area contributed by atoms with Gasteiger partial charge in [-0.15, -0.1) is 0 Å². The van der Waals surface area contributed by atoms with Gasteiger partial charge in [0, 0.05) is 12.1 Å². The monoisotopic (exact) mass is 297 g/mol. The van der Waals surface area contributed by atoms with Crippen molar-refractivity contribution in [3.8, 4) is 0 Å². The second-order valence-corrected chi connectivity index (χ2v) is 6.81. The summed E-state index contributed by atoms with van der Waals surface area (Å²) >= 11 is 0. The number of likely N-dealkylation sites (tertiary alicyclic amines) is 1. The van der Waals surface area contributed by atoms with Crippen LogP contribution in [0.15, 0.2) is 18.2 Å². The Hall–Kier alpha value is -1.00. The van der Waals surface area contributed by atoms with Crippen LogP contribution in [0, 0.1) is 17.0 Å². The smallest absolute Gasteiger partial charge is 0.164 e. The third-order valence-corrected chi connectivity index (χ3v) is 4.49. The lowest BCUT2D eigenvalue weighted by atomic mass is 9.85. The van der Waals surface area contributed by atoms with Crippen molar-refractivity contribution in [3.05, 3.63) is 35.4 Å². The lowest BCUT2D eigenvalue weighted by molar-refractivity contribution is 0.137. The summed E-state index contributed by atoms with van der Waals surface area (Å²) in [6.07, 6.45) is 2.98. The standard InChI is InChI=1S/C17H25F2NO/c1-17(2)8-4-10-20(12-9-17)11-7-15(21)13-5-3-6-14(18)16(13)19/h3,5-6,15,21H,4,7-12H2,1-2H3. The molecule has 21 heavy (non-hydrogen) atoms. The molecule has 1 heterocycles. The fourth-order valence-corrected chi connectivity index (χ4v) is 2.94. The fraction of sp³-hybridized carbons (Fsp3) is 0.647. The number of nitrogens with zero attached hydrogens (tertiary/aromatic N) is 1. The van der Waals surface area contributed by atoms with Gasteiger partial charge in [0.25, 0.3) is 0 Å². The van der Waals surface area contributed by atoms with E-state index in [0.717, 1.165) is 32.0 Å². The highest BCUT2D eigenvalue weighted by Crippen LogP contribution is 2.30. The second kappa shape index (κ2) is 6.84. The maximum Gasteiger partial charge on any atom is 0.164 e. The number of rotatable bonds is 4. The highest BCUT2D eigenvalue weighted by molar-refractivity contribution is 5.21. The van der Waals surface area contributed by atoms with Gasteiger partial charge in [0.15, 0.2) is 11.6 Å². The molecule has 0 spiro atoms. The number of hydrogen-bond acceptors (Lipinski definition) is 2. The van der Waals surface area contributed by atoms with Crippen LogP contribution in [0.5, 0.6) is 0 Å². The van der Waals surface area contributed by atoms with Crippen molar-refractivity contribution in [2.75, 3.05) is 19.6 Å². The molecule has 118 valence electrons. The number of halogens is 2. The van der Waals surface area contributed by atoms with E-state index in [1.54, 1.807) is 0 Å². The van der Waals surface area contributed by atoms with Gasteiger partial charge in [0.2, 0.25) is 0 Å². The van der Waals surface area contributed by atoms with Gasteiger partial charge in [-0.25, -0.2) is 8.78 Å². The minimum absolute atomic E-state index is 0.0603. The second-order valence-electron chi connectivity index (χ2n) is 6.81. The SMILES string of the molecule is CC1(C)CCCN(CCC(O)c2cccc(F)c2F)CC1. The Morgan fingerprint density at radius 1 is 1.24 bits per heavy atom. The molecule has 2 rings (SSSR count). The first-order valence-corrected chi connectivity index (χ1v) is 7.73. The number of aliphatic hydroxyl groups is 1. The molecule has 0 radical (unpaired) electrons. The predicted molar refractivity (Wildman–Crippen MR) is 80.0 cm³/mol. The first kappa shape index (κ1) is 16.4. The number of aliphatic hydroxyl groups excluding tert-OH is 1. The van der Waals surface area contributed by atoms with Gasteiger partial charge in [-0.1, -0.05) is 26.0 Å². The molecule has 0 aliphatic carbocycles. The van der Waals surface area contributed by atoms with Crippen LogP contribution < -0.4 is 0 Å². The zero-order chi connectivity index (χ0) is 15.5. The van der Waals surface area contributed by atoms with Crippen LogP contribution in [0.2, 0.25) is 0 Å². The molecule has 1 aromatic carbocycles. The zero-order valence-corrected chi connectivity index (χ0v) is 12.9. The lowest BCUT2D eigenvalue weighted by Gasteiger charge is -2.24. The largest absolute Gasteiger partial charge is 0.388 e. The van der Waals surface area contributed by atoms with E-state index in [2.05, 4.69) is 18.7 Å². The summed E-state index contributed by atoms with van der Waals surface area (Å²) in [5.41, 5.74) is 0.437. The minimum Gasteiger partial charge on any atom is -0.388 e. The Balaban J connectivity index is 1.89. The van der Waals surface area contributed by atoms with Crippen LogP contribution in [0.1, 0.15) is 51.2 Å². The minimum atomic E-state index is -0.947. The molecule has 1 fully saturated rings. The summed E-state index contributed by atoms with van der Waals surface area (Å²) < 4.78 is 26.8. The van der Waals surface area contributed by atoms with Gasteiger partial charge in [-0.3, -0.25) is 0 Å². The maximum atomic E-state index is 13.6. The average molecular weight is 297 g/mol. The summed E-state index contributed by atoms with van der Waals surface area (Å²) in [6, 6.07) is 3.96. The van der Waals surface area contributed by atoms with Crippen LogP contribution in [-0.4, -0.2) is 29.6 Å². The van der Waals surface area contributed by atoms with Crippen LogP contribution in [0.3, 0.4) is 0 Å². The molecule has 1 aromatic rings. The predicted octanol–water partition coefficient (Wildman–Crippen LogP) is 3.90. The molecule has 1 N–H and O–H groups in total. The normalized spacial score (nSPS) is 21.0. The summed E-state index contributed by atoms with van der Waals surface area (Å²) in [5.74, 6) is -1.83. The molecule has 1 aliphatic rings. The summed E-state index contributed by atoms with van der Waals surface area (Å²) in [6.45, 7) is 7.31. The molecule has 1 saturated heterocycles. The molecule has 1 atom stereocenters. The van der Waals surface area contributed by atoms with E-state index in [-0.39, 0.29) is 5.56 Å². The van der Waals surface area contributed by atoms with Crippen LogP contribution >= 0.6 is 0 Å². The van der Waals surface area contributed by atoms with E-state index >= 15 is 0 Å². The number of hydrogen-bond donors (Lipinski definition) is 1. The van der Waals surface area contributed by atoms with Crippen molar-refractivity contribution in [3.63, 3.8) is 0 Å². The van der Waals surface area contributed by atoms with Crippen molar-refractivity contribution in [2.45, 2.75) is 45.6 Å². The molecular formula is C17H25F2NO. The van der Waals surface area contributed by atoms with Crippen molar-refractivity contribution < 1.29 is 13.9 Å². The van der Waals surface area contributed by atoms with Crippen LogP contribution in [0.4, 0.5) is 8.78 Å². The summed E-state index contributed by atoms with van der Waals surface area (Å²) in [4.78, 5) is 2.31. The average Bonchev–Trinajstić information content (AvgIpc) is 2.60. The molecule has 0 bridgehead atoms. The zero-order valence-electron chi connectivity index (χ0n) is 12.9. The van der Waals surface area contributed by atoms with Gasteiger partial charge >= 0.3 is 0 Å². The van der Waals surface area contributed by atoms with Gasteiger partial charge in [-0.05, 0) is 50.3 Å². The molecule has 2 nitrogen and oxygen atoms in total. The molecule has 0 saturated carbocycles. The van der Waals surface area contributed by atoms with Crippen molar-refractivity contribution in [2.24, 2.45) is 5.41 Å². The topological polar surface area (TPSA) is 23.5 Å². The van der Waals surface area contributed by atoms with E-state index in [1.165, 1.54) is 18.6 Å². The van der Waals surface area contributed by atoms with E-state index in [4.69, 9.17) is 0 Å². The quantitative estimate of drug-likeness (QED) is 0.911. The molecule has 1 unspecified atom stereocenters. The van der Waals surface area contributed by atoms with Gasteiger partial charge in [0.1, 0.15) is 0 Å². The van der Waals surface area contributed by atoms with E-state index in [1.807, 2.05) is 0 Å². The molecule has 4 heteroatoms. The molecule has 0 aromatic heterocycles.